The Kier molecular flexibility index (Phi) is 9.21. The van der Waals surface area contributed by atoms with E-state index < -0.39 is 0 Å². The number of aromatic nitrogens is 4. The third-order valence-electron chi connectivity index (χ3n) is 15.0. The molecule has 0 aliphatic heterocycles. The fourth-order valence-electron chi connectivity index (χ4n) is 11.5. The highest BCUT2D eigenvalue weighted by Gasteiger charge is 2.36. The quantitative estimate of drug-likeness (QED) is 0.160. The van der Waals surface area contributed by atoms with E-state index in [9.17, 15) is 0 Å². The van der Waals surface area contributed by atoms with E-state index in [-0.39, 0.29) is 5.41 Å². The van der Waals surface area contributed by atoms with Gasteiger partial charge in [0.15, 0.2) is 5.82 Å². The molecule has 14 rings (SSSR count). The zero-order chi connectivity index (χ0) is 47.2. The molecule has 3 heterocycles. The third kappa shape index (κ3) is 6.45. The molecule has 10 aromatic carbocycles. The van der Waals surface area contributed by atoms with Crippen molar-refractivity contribution in [3.8, 4) is 78.7 Å². The summed E-state index contributed by atoms with van der Waals surface area (Å²) in [6.07, 6.45) is 0. The van der Waals surface area contributed by atoms with Crippen LogP contribution in [0.3, 0.4) is 0 Å². The van der Waals surface area contributed by atoms with Gasteiger partial charge in [0.05, 0.1) is 33.5 Å². The van der Waals surface area contributed by atoms with Crippen molar-refractivity contribution in [2.24, 2.45) is 0 Å². The molecule has 334 valence electrons. The minimum Gasteiger partial charge on any atom is -0.309 e. The predicted octanol–water partition coefficient (Wildman–Crippen LogP) is 17.3. The van der Waals surface area contributed by atoms with Crippen LogP contribution in [-0.4, -0.2) is 19.1 Å². The van der Waals surface area contributed by atoms with E-state index in [4.69, 9.17) is 9.97 Å². The van der Waals surface area contributed by atoms with Crippen molar-refractivity contribution in [2.45, 2.75) is 19.3 Å². The Morgan fingerprint density at radius 2 is 0.803 bits per heavy atom. The molecule has 1 aliphatic carbocycles. The number of rotatable bonds is 7. The van der Waals surface area contributed by atoms with E-state index in [0.29, 0.717) is 5.82 Å². The average molecular weight is 907 g/mol. The minimum atomic E-state index is -0.0952. The van der Waals surface area contributed by atoms with E-state index in [1.165, 1.54) is 71.4 Å². The van der Waals surface area contributed by atoms with Gasteiger partial charge < -0.3 is 9.13 Å². The van der Waals surface area contributed by atoms with Crippen LogP contribution in [0, 0.1) is 0 Å². The molecule has 13 aromatic rings. The first-order valence-electron chi connectivity index (χ1n) is 24.5. The number of fused-ring (bicyclic) bond motifs is 9. The maximum atomic E-state index is 5.13. The fraction of sp³-hybridized carbons (Fsp3) is 0.0448. The van der Waals surface area contributed by atoms with Gasteiger partial charge in [0.25, 0.3) is 0 Å². The van der Waals surface area contributed by atoms with Crippen LogP contribution in [0.15, 0.2) is 243 Å². The van der Waals surface area contributed by atoms with Gasteiger partial charge in [-0.15, -0.1) is 0 Å². The van der Waals surface area contributed by atoms with Crippen molar-refractivity contribution in [1.82, 2.24) is 19.1 Å². The van der Waals surface area contributed by atoms with E-state index in [2.05, 4.69) is 254 Å². The lowest BCUT2D eigenvalue weighted by Crippen LogP contribution is -2.14. The van der Waals surface area contributed by atoms with Crippen LogP contribution in [0.2, 0.25) is 0 Å². The van der Waals surface area contributed by atoms with Gasteiger partial charge in [0.2, 0.25) is 0 Å². The summed E-state index contributed by atoms with van der Waals surface area (Å²) in [5.41, 5.74) is 21.9. The zero-order valence-corrected chi connectivity index (χ0v) is 39.4. The highest BCUT2D eigenvalue weighted by atomic mass is 15.0. The average Bonchev–Trinajstić information content (AvgIpc) is 4.04. The minimum absolute atomic E-state index is 0.0952. The summed E-state index contributed by atoms with van der Waals surface area (Å²) in [5.74, 6) is 0.695. The second-order valence-corrected chi connectivity index (χ2v) is 19.3. The highest BCUT2D eigenvalue weighted by molar-refractivity contribution is 6.17. The Hall–Kier alpha value is -9.12. The molecular weight excluding hydrogens is 861 g/mol. The molecule has 0 saturated carbocycles. The molecule has 0 atom stereocenters. The third-order valence-corrected chi connectivity index (χ3v) is 15.0. The van der Waals surface area contributed by atoms with Gasteiger partial charge in [-0.2, -0.15) is 0 Å². The van der Waals surface area contributed by atoms with E-state index in [1.54, 1.807) is 0 Å². The number of hydrogen-bond donors (Lipinski definition) is 0. The Balaban J connectivity index is 0.898. The zero-order valence-electron chi connectivity index (χ0n) is 39.4. The SMILES string of the molecule is CC1(C)c2ccccc2-c2cc3c4ccccc4n(-c4ccc(-c5cccc6c7cccc(-c8ccc(-c9nc(-c%10ccccc%10)cc(-c%10ccccc%10)n9)cc8)c7n(-c7ccccc7)c56)cc4)c3cc21. The molecule has 1 aliphatic rings. The topological polar surface area (TPSA) is 35.6 Å². The van der Waals surface area contributed by atoms with Crippen LogP contribution in [0.1, 0.15) is 25.0 Å². The number of nitrogens with zero attached hydrogens (tertiary/aromatic N) is 4. The maximum absolute atomic E-state index is 5.13. The summed E-state index contributed by atoms with van der Waals surface area (Å²) in [6, 6.07) is 87.8. The van der Waals surface area contributed by atoms with Gasteiger partial charge in [-0.1, -0.05) is 208 Å². The molecular formula is C67H46N4. The van der Waals surface area contributed by atoms with Crippen LogP contribution in [0.4, 0.5) is 0 Å². The molecule has 4 nitrogen and oxygen atoms in total. The van der Waals surface area contributed by atoms with Gasteiger partial charge in [0, 0.05) is 66.2 Å². The smallest absolute Gasteiger partial charge is 0.160 e. The Morgan fingerprint density at radius 3 is 1.44 bits per heavy atom. The maximum Gasteiger partial charge on any atom is 0.160 e. The second-order valence-electron chi connectivity index (χ2n) is 19.3. The standard InChI is InChI=1S/C67H46N4/c1-67(2)58-30-14-12-24-52(58)56-40-57-53-25-13-15-31-62(53)70(63(57)41-59(56)67)49-38-36-44(37-39-49)51-27-17-29-55-54-28-16-26-50(64(54)71(65(51)55)48-22-10-5-11-23-48)43-32-34-47(35-33-43)66-68-60(45-18-6-3-7-19-45)42-61(69-66)46-20-8-4-9-21-46/h3-42H,1-2H3. The van der Waals surface area contributed by atoms with Crippen LogP contribution in [0.5, 0.6) is 0 Å². The van der Waals surface area contributed by atoms with Crippen LogP contribution in [0.25, 0.3) is 122 Å². The number of benzene rings is 10. The van der Waals surface area contributed by atoms with Gasteiger partial charge in [0.1, 0.15) is 0 Å². The van der Waals surface area contributed by atoms with Gasteiger partial charge >= 0.3 is 0 Å². The normalized spacial score (nSPS) is 12.8. The van der Waals surface area contributed by atoms with Crippen LogP contribution in [-0.2, 0) is 5.41 Å². The van der Waals surface area contributed by atoms with Gasteiger partial charge in [-0.05, 0) is 81.9 Å². The fourth-order valence-corrected chi connectivity index (χ4v) is 11.5. The van der Waals surface area contributed by atoms with Gasteiger partial charge in [-0.25, -0.2) is 9.97 Å². The summed E-state index contributed by atoms with van der Waals surface area (Å²) in [4.78, 5) is 10.3. The summed E-state index contributed by atoms with van der Waals surface area (Å²) < 4.78 is 4.93. The molecule has 0 fully saturated rings. The van der Waals surface area contributed by atoms with Crippen LogP contribution < -0.4 is 0 Å². The predicted molar refractivity (Wildman–Crippen MR) is 295 cm³/mol. The monoisotopic (exact) mass is 906 g/mol. The molecule has 4 heteroatoms. The summed E-state index contributed by atoms with van der Waals surface area (Å²) in [6.45, 7) is 4.73. The number of hydrogen-bond acceptors (Lipinski definition) is 2. The van der Waals surface area contributed by atoms with E-state index in [0.717, 1.165) is 56.1 Å². The molecule has 3 aromatic heterocycles. The summed E-state index contributed by atoms with van der Waals surface area (Å²) in [5, 5.41) is 4.96. The summed E-state index contributed by atoms with van der Waals surface area (Å²) in [7, 11) is 0. The molecule has 0 saturated heterocycles. The Morgan fingerprint density at radius 1 is 0.310 bits per heavy atom. The summed E-state index contributed by atoms with van der Waals surface area (Å²) >= 11 is 0. The molecule has 0 unspecified atom stereocenters. The lowest BCUT2D eigenvalue weighted by Gasteiger charge is -2.21. The lowest BCUT2D eigenvalue weighted by molar-refractivity contribution is 0.661. The van der Waals surface area contributed by atoms with Gasteiger partial charge in [-0.3, -0.25) is 0 Å². The van der Waals surface area contributed by atoms with Crippen molar-refractivity contribution >= 4 is 43.6 Å². The van der Waals surface area contributed by atoms with Crippen molar-refractivity contribution in [2.75, 3.05) is 0 Å². The largest absolute Gasteiger partial charge is 0.309 e. The van der Waals surface area contributed by atoms with E-state index >= 15 is 0 Å². The second kappa shape index (κ2) is 16.0. The number of para-hydroxylation sites is 4. The molecule has 0 N–H and O–H groups in total. The molecule has 0 radical (unpaired) electrons. The molecule has 0 spiro atoms. The first-order valence-corrected chi connectivity index (χ1v) is 24.5. The first kappa shape index (κ1) is 40.9. The van der Waals surface area contributed by atoms with E-state index in [1.807, 2.05) is 12.1 Å². The molecule has 71 heavy (non-hydrogen) atoms. The van der Waals surface area contributed by atoms with Crippen LogP contribution >= 0.6 is 0 Å². The van der Waals surface area contributed by atoms with Crippen molar-refractivity contribution < 1.29 is 0 Å². The Labute approximate surface area is 412 Å². The van der Waals surface area contributed by atoms with Crippen molar-refractivity contribution in [3.05, 3.63) is 254 Å². The lowest BCUT2D eigenvalue weighted by atomic mass is 9.82. The van der Waals surface area contributed by atoms with Crippen molar-refractivity contribution in [3.63, 3.8) is 0 Å². The molecule has 0 amide bonds. The van der Waals surface area contributed by atoms with Crippen molar-refractivity contribution in [1.29, 1.82) is 0 Å². The Bertz CT molecular complexity index is 4140. The first-order chi connectivity index (χ1) is 35.0. The highest BCUT2D eigenvalue weighted by Crippen LogP contribution is 2.51. The molecule has 0 bridgehead atoms.